The summed E-state index contributed by atoms with van der Waals surface area (Å²) in [6, 6.07) is 2.19. The Balaban J connectivity index is 2.61. The van der Waals surface area contributed by atoms with Gasteiger partial charge in [0.05, 0.1) is 5.69 Å². The molecular formula is C15H21NS. The molecule has 0 saturated heterocycles. The average Bonchev–Trinajstić information content (AvgIpc) is 2.50. The SMILES string of the molecule is CC(C)C1=CCSCc2nccc(C(C)C)c21. The van der Waals surface area contributed by atoms with Gasteiger partial charge in [0.1, 0.15) is 0 Å². The van der Waals surface area contributed by atoms with Crippen molar-refractivity contribution in [3.05, 3.63) is 35.2 Å². The van der Waals surface area contributed by atoms with E-state index in [9.17, 15) is 0 Å². The lowest BCUT2D eigenvalue weighted by Gasteiger charge is -2.19. The fourth-order valence-corrected chi connectivity index (χ4v) is 3.20. The minimum absolute atomic E-state index is 0.567. The van der Waals surface area contributed by atoms with Crippen LogP contribution < -0.4 is 0 Å². The molecule has 0 bridgehead atoms. The molecule has 0 saturated carbocycles. The van der Waals surface area contributed by atoms with Crippen LogP contribution in [0.5, 0.6) is 0 Å². The zero-order valence-corrected chi connectivity index (χ0v) is 12.0. The molecule has 1 aliphatic heterocycles. The third kappa shape index (κ3) is 2.57. The molecule has 0 N–H and O–H groups in total. The van der Waals surface area contributed by atoms with E-state index in [0.717, 1.165) is 11.5 Å². The van der Waals surface area contributed by atoms with Crippen molar-refractivity contribution in [2.24, 2.45) is 5.92 Å². The fraction of sp³-hybridized carbons (Fsp3) is 0.533. The van der Waals surface area contributed by atoms with Crippen LogP contribution in [0.1, 0.15) is 50.4 Å². The van der Waals surface area contributed by atoms with Gasteiger partial charge in [-0.25, -0.2) is 0 Å². The third-order valence-electron chi connectivity index (χ3n) is 3.25. The van der Waals surface area contributed by atoms with Gasteiger partial charge in [0.2, 0.25) is 0 Å². The molecule has 0 amide bonds. The second-order valence-corrected chi connectivity index (χ2v) is 6.24. The molecule has 0 atom stereocenters. The van der Waals surface area contributed by atoms with E-state index in [1.54, 1.807) is 0 Å². The van der Waals surface area contributed by atoms with Gasteiger partial charge in [-0.05, 0) is 29.0 Å². The van der Waals surface area contributed by atoms with Crippen molar-refractivity contribution in [3.8, 4) is 0 Å². The number of pyridine rings is 1. The van der Waals surface area contributed by atoms with Crippen LogP contribution in [0.3, 0.4) is 0 Å². The number of hydrogen-bond donors (Lipinski definition) is 0. The van der Waals surface area contributed by atoms with Gasteiger partial charge >= 0.3 is 0 Å². The summed E-state index contributed by atoms with van der Waals surface area (Å²) in [5.41, 5.74) is 5.65. The van der Waals surface area contributed by atoms with Crippen LogP contribution in [-0.2, 0) is 5.75 Å². The predicted molar refractivity (Wildman–Crippen MR) is 77.3 cm³/mol. The van der Waals surface area contributed by atoms with E-state index >= 15 is 0 Å². The highest BCUT2D eigenvalue weighted by atomic mass is 32.2. The number of hydrogen-bond acceptors (Lipinski definition) is 2. The number of nitrogens with zero attached hydrogens (tertiary/aromatic N) is 1. The molecule has 0 aliphatic carbocycles. The molecule has 0 unspecified atom stereocenters. The van der Waals surface area contributed by atoms with Crippen LogP contribution in [0.15, 0.2) is 18.3 Å². The summed E-state index contributed by atoms with van der Waals surface area (Å²) in [6.45, 7) is 9.10. The maximum Gasteiger partial charge on any atom is 0.0580 e. The Morgan fingerprint density at radius 3 is 2.59 bits per heavy atom. The molecule has 1 aromatic rings. The molecular weight excluding hydrogens is 226 g/mol. The van der Waals surface area contributed by atoms with Gasteiger partial charge in [-0.3, -0.25) is 4.98 Å². The molecule has 0 radical (unpaired) electrons. The first-order valence-corrected chi connectivity index (χ1v) is 7.52. The summed E-state index contributed by atoms with van der Waals surface area (Å²) < 4.78 is 0. The number of fused-ring (bicyclic) bond motifs is 1. The molecule has 1 aromatic heterocycles. The monoisotopic (exact) mass is 247 g/mol. The van der Waals surface area contributed by atoms with Gasteiger partial charge in [0, 0.05) is 23.3 Å². The summed E-state index contributed by atoms with van der Waals surface area (Å²) in [5, 5.41) is 0. The van der Waals surface area contributed by atoms with E-state index in [1.807, 2.05) is 18.0 Å². The number of rotatable bonds is 2. The molecule has 17 heavy (non-hydrogen) atoms. The first-order valence-electron chi connectivity index (χ1n) is 6.37. The number of allylic oxidation sites excluding steroid dienone is 1. The van der Waals surface area contributed by atoms with Crippen LogP contribution in [0.25, 0.3) is 5.57 Å². The first kappa shape index (κ1) is 12.7. The molecule has 1 aliphatic rings. The molecule has 2 heteroatoms. The zero-order valence-electron chi connectivity index (χ0n) is 11.2. The van der Waals surface area contributed by atoms with Crippen molar-refractivity contribution >= 4 is 17.3 Å². The summed E-state index contributed by atoms with van der Waals surface area (Å²) in [7, 11) is 0. The molecule has 2 rings (SSSR count). The standard InChI is InChI=1S/C15H21NS/c1-10(2)12-5-7-16-14-9-17-8-6-13(11(3)4)15(12)14/h5-7,10-11H,8-9H2,1-4H3. The largest absolute Gasteiger partial charge is 0.260 e. The third-order valence-corrected chi connectivity index (χ3v) is 4.13. The highest BCUT2D eigenvalue weighted by molar-refractivity contribution is 7.98. The van der Waals surface area contributed by atoms with E-state index in [0.29, 0.717) is 11.8 Å². The number of aromatic nitrogens is 1. The highest BCUT2D eigenvalue weighted by Gasteiger charge is 2.19. The van der Waals surface area contributed by atoms with E-state index in [-0.39, 0.29) is 0 Å². The first-order chi connectivity index (χ1) is 8.11. The summed E-state index contributed by atoms with van der Waals surface area (Å²) in [4.78, 5) is 4.59. The Hall–Kier alpha value is -0.760. The minimum atomic E-state index is 0.567. The second-order valence-electron chi connectivity index (χ2n) is 5.21. The molecule has 0 aromatic carbocycles. The van der Waals surface area contributed by atoms with Crippen molar-refractivity contribution in [2.75, 3.05) is 5.75 Å². The zero-order chi connectivity index (χ0) is 12.4. The van der Waals surface area contributed by atoms with Crippen molar-refractivity contribution in [3.63, 3.8) is 0 Å². The van der Waals surface area contributed by atoms with Crippen LogP contribution in [0.4, 0.5) is 0 Å². The van der Waals surface area contributed by atoms with Gasteiger partial charge in [0.15, 0.2) is 0 Å². The van der Waals surface area contributed by atoms with Gasteiger partial charge in [-0.1, -0.05) is 33.8 Å². The minimum Gasteiger partial charge on any atom is -0.260 e. The predicted octanol–water partition coefficient (Wildman–Crippen LogP) is 4.49. The van der Waals surface area contributed by atoms with E-state index in [4.69, 9.17) is 0 Å². The molecule has 92 valence electrons. The Morgan fingerprint density at radius 1 is 1.18 bits per heavy atom. The molecule has 2 heterocycles. The molecule has 0 fully saturated rings. The Kier molecular flexibility index (Phi) is 3.93. The smallest absolute Gasteiger partial charge is 0.0580 e. The fourth-order valence-electron chi connectivity index (χ4n) is 2.38. The van der Waals surface area contributed by atoms with Crippen LogP contribution in [0.2, 0.25) is 0 Å². The average molecular weight is 247 g/mol. The Bertz CT molecular complexity index is 433. The Morgan fingerprint density at radius 2 is 1.94 bits per heavy atom. The van der Waals surface area contributed by atoms with Crippen molar-refractivity contribution < 1.29 is 0 Å². The Labute approximate surface area is 109 Å². The summed E-state index contributed by atoms with van der Waals surface area (Å²) in [6.07, 6.45) is 4.37. The normalized spacial score (nSPS) is 15.8. The second kappa shape index (κ2) is 5.26. The maximum atomic E-state index is 4.59. The lowest BCUT2D eigenvalue weighted by molar-refractivity contribution is 0.820. The van der Waals surface area contributed by atoms with Gasteiger partial charge < -0.3 is 0 Å². The molecule has 1 nitrogen and oxygen atoms in total. The van der Waals surface area contributed by atoms with E-state index in [2.05, 4.69) is 44.8 Å². The van der Waals surface area contributed by atoms with Gasteiger partial charge in [-0.2, -0.15) is 11.8 Å². The lowest BCUT2D eigenvalue weighted by Crippen LogP contribution is -2.05. The van der Waals surface area contributed by atoms with Crippen LogP contribution >= 0.6 is 11.8 Å². The number of thioether (sulfide) groups is 1. The van der Waals surface area contributed by atoms with Crippen molar-refractivity contribution in [1.29, 1.82) is 0 Å². The van der Waals surface area contributed by atoms with Crippen molar-refractivity contribution in [1.82, 2.24) is 4.98 Å². The van der Waals surface area contributed by atoms with Gasteiger partial charge in [-0.15, -0.1) is 0 Å². The van der Waals surface area contributed by atoms with Crippen LogP contribution in [-0.4, -0.2) is 10.7 Å². The van der Waals surface area contributed by atoms with Gasteiger partial charge in [0.25, 0.3) is 0 Å². The van der Waals surface area contributed by atoms with E-state index in [1.165, 1.54) is 22.4 Å². The summed E-state index contributed by atoms with van der Waals surface area (Å²) in [5.74, 6) is 3.30. The topological polar surface area (TPSA) is 12.9 Å². The van der Waals surface area contributed by atoms with E-state index < -0.39 is 0 Å². The quantitative estimate of drug-likeness (QED) is 0.763. The molecule has 0 spiro atoms. The summed E-state index contributed by atoms with van der Waals surface area (Å²) >= 11 is 1.96. The van der Waals surface area contributed by atoms with Crippen molar-refractivity contribution in [2.45, 2.75) is 39.4 Å². The maximum absolute atomic E-state index is 4.59. The van der Waals surface area contributed by atoms with Crippen LogP contribution in [0, 0.1) is 5.92 Å². The highest BCUT2D eigenvalue weighted by Crippen LogP contribution is 2.36. The lowest BCUT2D eigenvalue weighted by atomic mass is 9.87.